The summed E-state index contributed by atoms with van der Waals surface area (Å²) >= 11 is 12.6. The van der Waals surface area contributed by atoms with Gasteiger partial charge in [-0.15, -0.1) is 0 Å². The summed E-state index contributed by atoms with van der Waals surface area (Å²) < 4.78 is 0. The van der Waals surface area contributed by atoms with Crippen LogP contribution in [0.3, 0.4) is 0 Å². The van der Waals surface area contributed by atoms with Crippen LogP contribution in [0.4, 0.5) is 0 Å². The lowest BCUT2D eigenvalue weighted by Crippen LogP contribution is -2.54. The zero-order chi connectivity index (χ0) is 24.7. The van der Waals surface area contributed by atoms with E-state index in [9.17, 15) is 9.59 Å². The highest BCUT2D eigenvalue weighted by molar-refractivity contribution is 6.35. The molecular formula is C28H30Cl2N2O2. The lowest BCUT2D eigenvalue weighted by Gasteiger charge is -2.34. The van der Waals surface area contributed by atoms with Crippen LogP contribution in [0.5, 0.6) is 0 Å². The first-order valence-corrected chi connectivity index (χ1v) is 12.0. The van der Waals surface area contributed by atoms with Crippen LogP contribution in [0.15, 0.2) is 78.9 Å². The van der Waals surface area contributed by atoms with Crippen molar-refractivity contribution in [1.82, 2.24) is 10.2 Å². The summed E-state index contributed by atoms with van der Waals surface area (Å²) in [5.74, 6) is -0.356. The predicted octanol–water partition coefficient (Wildman–Crippen LogP) is 6.09. The van der Waals surface area contributed by atoms with E-state index in [2.05, 4.69) is 5.32 Å². The molecule has 6 heteroatoms. The number of benzene rings is 3. The summed E-state index contributed by atoms with van der Waals surface area (Å²) in [4.78, 5) is 28.8. The van der Waals surface area contributed by atoms with E-state index in [4.69, 9.17) is 23.2 Å². The van der Waals surface area contributed by atoms with Crippen molar-refractivity contribution < 1.29 is 9.59 Å². The van der Waals surface area contributed by atoms with Crippen molar-refractivity contribution in [2.24, 2.45) is 0 Å². The fourth-order valence-electron chi connectivity index (χ4n) is 3.71. The normalized spacial score (nSPS) is 12.1. The van der Waals surface area contributed by atoms with Crippen LogP contribution in [0.1, 0.15) is 37.5 Å². The lowest BCUT2D eigenvalue weighted by molar-refractivity contribution is -0.141. The minimum absolute atomic E-state index is 0.151. The van der Waals surface area contributed by atoms with Crippen molar-refractivity contribution in [1.29, 1.82) is 0 Å². The SMILES string of the molecule is CC(C)(C)NC(=O)[C@H](Cc1ccccc1)N(Cc1ccc(Cl)cc1Cl)C(=O)Cc1ccccc1. The summed E-state index contributed by atoms with van der Waals surface area (Å²) in [6.07, 6.45) is 0.564. The third-order valence-electron chi connectivity index (χ3n) is 5.32. The molecule has 0 aromatic heterocycles. The summed E-state index contributed by atoms with van der Waals surface area (Å²) in [5, 5.41) is 4.04. The van der Waals surface area contributed by atoms with Gasteiger partial charge in [-0.3, -0.25) is 9.59 Å². The van der Waals surface area contributed by atoms with Crippen LogP contribution in [0.25, 0.3) is 0 Å². The summed E-state index contributed by atoms with van der Waals surface area (Å²) in [6, 6.07) is 23.7. The Morgan fingerprint density at radius 1 is 0.882 bits per heavy atom. The lowest BCUT2D eigenvalue weighted by atomic mass is 10.00. The van der Waals surface area contributed by atoms with Crippen molar-refractivity contribution in [3.8, 4) is 0 Å². The molecule has 0 aliphatic carbocycles. The fourth-order valence-corrected chi connectivity index (χ4v) is 4.18. The molecule has 0 heterocycles. The van der Waals surface area contributed by atoms with Crippen LogP contribution >= 0.6 is 23.2 Å². The van der Waals surface area contributed by atoms with Gasteiger partial charge in [-0.25, -0.2) is 0 Å². The first kappa shape index (κ1) is 25.8. The third-order valence-corrected chi connectivity index (χ3v) is 5.91. The molecule has 0 unspecified atom stereocenters. The topological polar surface area (TPSA) is 49.4 Å². The highest BCUT2D eigenvalue weighted by Crippen LogP contribution is 2.25. The summed E-state index contributed by atoms with van der Waals surface area (Å²) in [5.41, 5.74) is 2.14. The Morgan fingerprint density at radius 3 is 2.03 bits per heavy atom. The van der Waals surface area contributed by atoms with Crippen molar-refractivity contribution >= 4 is 35.0 Å². The number of nitrogens with zero attached hydrogens (tertiary/aromatic N) is 1. The van der Waals surface area contributed by atoms with E-state index in [1.807, 2.05) is 81.4 Å². The maximum Gasteiger partial charge on any atom is 0.243 e. The molecule has 0 saturated heterocycles. The van der Waals surface area contributed by atoms with Gasteiger partial charge in [-0.05, 0) is 49.6 Å². The highest BCUT2D eigenvalue weighted by atomic mass is 35.5. The molecule has 1 atom stereocenters. The molecule has 4 nitrogen and oxygen atoms in total. The predicted molar refractivity (Wildman–Crippen MR) is 139 cm³/mol. The zero-order valence-electron chi connectivity index (χ0n) is 19.7. The number of rotatable bonds is 8. The van der Waals surface area contributed by atoms with Crippen LogP contribution in [0.2, 0.25) is 10.0 Å². The van der Waals surface area contributed by atoms with Crippen LogP contribution in [0, 0.1) is 0 Å². The molecule has 0 bridgehead atoms. The van der Waals surface area contributed by atoms with Gasteiger partial charge >= 0.3 is 0 Å². The molecule has 0 spiro atoms. The molecule has 3 rings (SSSR count). The smallest absolute Gasteiger partial charge is 0.243 e. The zero-order valence-corrected chi connectivity index (χ0v) is 21.2. The maximum absolute atomic E-state index is 13.7. The highest BCUT2D eigenvalue weighted by Gasteiger charge is 2.32. The molecule has 3 aromatic carbocycles. The number of carbonyl (C=O) groups is 2. The molecule has 34 heavy (non-hydrogen) atoms. The van der Waals surface area contributed by atoms with E-state index in [0.717, 1.165) is 16.7 Å². The van der Waals surface area contributed by atoms with E-state index < -0.39 is 11.6 Å². The Hall–Kier alpha value is -2.82. The minimum Gasteiger partial charge on any atom is -0.350 e. The molecule has 2 amide bonds. The second kappa shape index (κ2) is 11.5. The second-order valence-corrected chi connectivity index (χ2v) is 10.2. The van der Waals surface area contributed by atoms with Crippen LogP contribution in [-0.2, 0) is 29.0 Å². The molecule has 0 aliphatic rings. The fraction of sp³-hybridized carbons (Fsp3) is 0.286. The molecule has 0 saturated carbocycles. The first-order chi connectivity index (χ1) is 16.1. The number of amides is 2. The number of nitrogens with one attached hydrogen (secondary N) is 1. The van der Waals surface area contributed by atoms with Gasteiger partial charge in [0.2, 0.25) is 11.8 Å². The van der Waals surface area contributed by atoms with Gasteiger partial charge in [0, 0.05) is 28.5 Å². The van der Waals surface area contributed by atoms with E-state index in [1.165, 1.54) is 0 Å². The summed E-state index contributed by atoms with van der Waals surface area (Å²) in [7, 11) is 0. The first-order valence-electron chi connectivity index (χ1n) is 11.3. The van der Waals surface area contributed by atoms with Gasteiger partial charge in [0.15, 0.2) is 0 Å². The molecule has 3 aromatic rings. The largest absolute Gasteiger partial charge is 0.350 e. The minimum atomic E-state index is -0.718. The van der Waals surface area contributed by atoms with Gasteiger partial charge in [0.05, 0.1) is 6.42 Å². The Labute approximate surface area is 211 Å². The molecular weight excluding hydrogens is 467 g/mol. The van der Waals surface area contributed by atoms with E-state index in [0.29, 0.717) is 16.5 Å². The van der Waals surface area contributed by atoms with Crippen molar-refractivity contribution in [2.75, 3.05) is 0 Å². The van der Waals surface area contributed by atoms with E-state index in [1.54, 1.807) is 23.1 Å². The van der Waals surface area contributed by atoms with Gasteiger partial charge in [0.25, 0.3) is 0 Å². The Balaban J connectivity index is 2.01. The van der Waals surface area contributed by atoms with Crippen molar-refractivity contribution in [3.63, 3.8) is 0 Å². The van der Waals surface area contributed by atoms with E-state index >= 15 is 0 Å². The van der Waals surface area contributed by atoms with Crippen molar-refractivity contribution in [2.45, 2.75) is 51.7 Å². The second-order valence-electron chi connectivity index (χ2n) is 9.36. The quantitative estimate of drug-likeness (QED) is 0.410. The van der Waals surface area contributed by atoms with Crippen LogP contribution < -0.4 is 5.32 Å². The van der Waals surface area contributed by atoms with Crippen LogP contribution in [-0.4, -0.2) is 28.3 Å². The Bertz CT molecular complexity index is 1110. The third kappa shape index (κ3) is 7.61. The molecule has 0 radical (unpaired) electrons. The molecule has 178 valence electrons. The number of halogens is 2. The molecule has 0 aliphatic heterocycles. The number of carbonyl (C=O) groups excluding carboxylic acids is 2. The van der Waals surface area contributed by atoms with E-state index in [-0.39, 0.29) is 24.8 Å². The Morgan fingerprint density at radius 2 is 1.47 bits per heavy atom. The Kier molecular flexibility index (Phi) is 8.76. The monoisotopic (exact) mass is 496 g/mol. The van der Waals surface area contributed by atoms with Gasteiger partial charge in [-0.2, -0.15) is 0 Å². The van der Waals surface area contributed by atoms with Gasteiger partial charge in [-0.1, -0.05) is 89.9 Å². The molecule has 0 fully saturated rings. The standard InChI is InChI=1S/C28H30Cl2N2O2/c1-28(2,3)31-27(34)25(16-20-10-6-4-7-11-20)32(19-22-14-15-23(29)18-24(22)30)26(33)17-21-12-8-5-9-13-21/h4-15,18,25H,16-17,19H2,1-3H3,(H,31,34)/t25-/m0/s1. The maximum atomic E-state index is 13.7. The number of hydrogen-bond acceptors (Lipinski definition) is 2. The van der Waals surface area contributed by atoms with Gasteiger partial charge in [0.1, 0.15) is 6.04 Å². The van der Waals surface area contributed by atoms with Crippen molar-refractivity contribution in [3.05, 3.63) is 106 Å². The molecule has 1 N–H and O–H groups in total. The average molecular weight is 497 g/mol. The summed E-state index contributed by atoms with van der Waals surface area (Å²) in [6.45, 7) is 5.97. The average Bonchev–Trinajstić information content (AvgIpc) is 2.77. The van der Waals surface area contributed by atoms with Gasteiger partial charge < -0.3 is 10.2 Å². The number of hydrogen-bond donors (Lipinski definition) is 1.